The average molecular weight is 209 g/mol. The molecule has 82 valence electrons. The number of nitrogens with one attached hydrogen (secondary N) is 2. The van der Waals surface area contributed by atoms with E-state index in [2.05, 4.69) is 20.5 Å². The van der Waals surface area contributed by atoms with E-state index < -0.39 is 0 Å². The van der Waals surface area contributed by atoms with Gasteiger partial charge >= 0.3 is 0 Å². The molecule has 1 fully saturated rings. The second-order valence-electron chi connectivity index (χ2n) is 3.50. The minimum Gasteiger partial charge on any atom is -0.333 e. The number of aromatic nitrogens is 3. The van der Waals surface area contributed by atoms with Crippen LogP contribution in [0.4, 0.5) is 0 Å². The molecule has 1 aliphatic rings. The number of amides is 1. The molecule has 0 radical (unpaired) electrons. The highest BCUT2D eigenvalue weighted by molar-refractivity contribution is 5.90. The quantitative estimate of drug-likeness (QED) is 0.683. The van der Waals surface area contributed by atoms with E-state index in [4.69, 9.17) is 0 Å². The molecule has 0 saturated carbocycles. The summed E-state index contributed by atoms with van der Waals surface area (Å²) in [7, 11) is 0. The zero-order chi connectivity index (χ0) is 10.7. The van der Waals surface area contributed by atoms with Crippen molar-refractivity contribution in [2.45, 2.75) is 13.3 Å². The number of H-pyrrole nitrogens is 1. The number of aryl methyl sites for hydroxylation is 1. The molecule has 0 bridgehead atoms. The molecule has 2 heterocycles. The van der Waals surface area contributed by atoms with Crippen molar-refractivity contribution in [3.63, 3.8) is 0 Å². The molecule has 1 aromatic heterocycles. The summed E-state index contributed by atoms with van der Waals surface area (Å²) in [5.41, 5.74) is 0. The Bertz CT molecular complexity index is 342. The van der Waals surface area contributed by atoms with E-state index in [0.717, 1.165) is 38.4 Å². The zero-order valence-electron chi connectivity index (χ0n) is 8.79. The largest absolute Gasteiger partial charge is 0.333 e. The second-order valence-corrected chi connectivity index (χ2v) is 3.50. The predicted octanol–water partition coefficient (Wildman–Crippen LogP) is -0.587. The number of rotatable bonds is 2. The first-order valence-corrected chi connectivity index (χ1v) is 5.22. The molecule has 1 aromatic rings. The van der Waals surface area contributed by atoms with Gasteiger partial charge in [0.05, 0.1) is 0 Å². The first kappa shape index (κ1) is 10.1. The number of piperazine rings is 1. The van der Waals surface area contributed by atoms with Gasteiger partial charge in [-0.3, -0.25) is 9.89 Å². The predicted molar refractivity (Wildman–Crippen MR) is 54.5 cm³/mol. The lowest BCUT2D eigenvalue weighted by atomic mass is 10.3. The van der Waals surface area contributed by atoms with E-state index in [0.29, 0.717) is 0 Å². The first-order valence-electron chi connectivity index (χ1n) is 5.22. The van der Waals surface area contributed by atoms with Gasteiger partial charge in [-0.2, -0.15) is 0 Å². The monoisotopic (exact) mass is 209 g/mol. The van der Waals surface area contributed by atoms with Crippen LogP contribution in [0.1, 0.15) is 23.4 Å². The molecule has 6 nitrogen and oxygen atoms in total. The molecule has 0 aromatic carbocycles. The van der Waals surface area contributed by atoms with Crippen molar-refractivity contribution in [2.24, 2.45) is 0 Å². The maximum Gasteiger partial charge on any atom is 0.293 e. The molecule has 2 rings (SSSR count). The fourth-order valence-electron chi connectivity index (χ4n) is 1.56. The van der Waals surface area contributed by atoms with Gasteiger partial charge in [0.2, 0.25) is 5.82 Å². The van der Waals surface area contributed by atoms with Crippen molar-refractivity contribution in [1.82, 2.24) is 25.4 Å². The van der Waals surface area contributed by atoms with Crippen molar-refractivity contribution in [2.75, 3.05) is 26.2 Å². The number of hydrogen-bond donors (Lipinski definition) is 2. The van der Waals surface area contributed by atoms with Gasteiger partial charge in [0.25, 0.3) is 5.91 Å². The molecule has 1 saturated heterocycles. The van der Waals surface area contributed by atoms with Crippen molar-refractivity contribution in [3.8, 4) is 0 Å². The van der Waals surface area contributed by atoms with E-state index >= 15 is 0 Å². The molecule has 2 N–H and O–H groups in total. The van der Waals surface area contributed by atoms with Gasteiger partial charge in [-0.05, 0) is 0 Å². The second kappa shape index (κ2) is 4.39. The molecule has 15 heavy (non-hydrogen) atoms. The van der Waals surface area contributed by atoms with Crippen molar-refractivity contribution in [1.29, 1.82) is 0 Å². The smallest absolute Gasteiger partial charge is 0.293 e. The van der Waals surface area contributed by atoms with Crippen LogP contribution in [-0.4, -0.2) is 52.2 Å². The molecule has 0 spiro atoms. The van der Waals surface area contributed by atoms with Crippen LogP contribution in [0.25, 0.3) is 0 Å². The molecular formula is C9H15N5O. The summed E-state index contributed by atoms with van der Waals surface area (Å²) in [5.74, 6) is 0.967. The standard InChI is InChI=1S/C9H15N5O/c1-2-7-11-8(13-12-7)9(15)14-5-3-10-4-6-14/h10H,2-6H2,1H3,(H,11,12,13). The Morgan fingerprint density at radius 2 is 2.20 bits per heavy atom. The van der Waals surface area contributed by atoms with Crippen LogP contribution in [0.3, 0.4) is 0 Å². The molecular weight excluding hydrogens is 194 g/mol. The maximum absolute atomic E-state index is 11.9. The lowest BCUT2D eigenvalue weighted by Gasteiger charge is -2.26. The first-order chi connectivity index (χ1) is 7.31. The maximum atomic E-state index is 11.9. The summed E-state index contributed by atoms with van der Waals surface area (Å²) in [6, 6.07) is 0. The van der Waals surface area contributed by atoms with Crippen LogP contribution in [-0.2, 0) is 6.42 Å². The van der Waals surface area contributed by atoms with Gasteiger partial charge in [0.15, 0.2) is 0 Å². The topological polar surface area (TPSA) is 73.9 Å². The SMILES string of the molecule is CCc1nc(C(=O)N2CCNCC2)n[nH]1. The molecule has 0 atom stereocenters. The molecule has 1 amide bonds. The normalized spacial score (nSPS) is 16.7. The third-order valence-electron chi connectivity index (χ3n) is 2.46. The minimum atomic E-state index is -0.0764. The summed E-state index contributed by atoms with van der Waals surface area (Å²) < 4.78 is 0. The fourth-order valence-corrected chi connectivity index (χ4v) is 1.56. The lowest BCUT2D eigenvalue weighted by Crippen LogP contribution is -2.46. The highest BCUT2D eigenvalue weighted by Crippen LogP contribution is 2.01. The van der Waals surface area contributed by atoms with E-state index in [1.807, 2.05) is 6.92 Å². The lowest BCUT2D eigenvalue weighted by molar-refractivity contribution is 0.0724. The summed E-state index contributed by atoms with van der Waals surface area (Å²) in [6.07, 6.45) is 0.766. The van der Waals surface area contributed by atoms with Crippen LogP contribution in [0.5, 0.6) is 0 Å². The van der Waals surface area contributed by atoms with Crippen LogP contribution in [0.2, 0.25) is 0 Å². The van der Waals surface area contributed by atoms with Crippen LogP contribution in [0.15, 0.2) is 0 Å². The third-order valence-corrected chi connectivity index (χ3v) is 2.46. The van der Waals surface area contributed by atoms with E-state index in [1.54, 1.807) is 4.90 Å². The number of carbonyl (C=O) groups is 1. The van der Waals surface area contributed by atoms with E-state index in [-0.39, 0.29) is 11.7 Å². The highest BCUT2D eigenvalue weighted by Gasteiger charge is 2.21. The molecule has 0 aliphatic carbocycles. The van der Waals surface area contributed by atoms with Crippen molar-refractivity contribution < 1.29 is 4.79 Å². The summed E-state index contributed by atoms with van der Waals surface area (Å²) in [6.45, 7) is 5.12. The Balaban J connectivity index is 2.05. The number of hydrogen-bond acceptors (Lipinski definition) is 4. The van der Waals surface area contributed by atoms with Crippen LogP contribution >= 0.6 is 0 Å². The Labute approximate surface area is 88.1 Å². The van der Waals surface area contributed by atoms with Gasteiger partial charge < -0.3 is 10.2 Å². The Morgan fingerprint density at radius 1 is 1.47 bits per heavy atom. The number of carbonyl (C=O) groups excluding carboxylic acids is 1. The van der Waals surface area contributed by atoms with Crippen molar-refractivity contribution in [3.05, 3.63) is 11.6 Å². The number of aromatic amines is 1. The number of nitrogens with zero attached hydrogens (tertiary/aromatic N) is 3. The fraction of sp³-hybridized carbons (Fsp3) is 0.667. The molecule has 6 heteroatoms. The summed E-state index contributed by atoms with van der Waals surface area (Å²) in [4.78, 5) is 17.8. The van der Waals surface area contributed by atoms with Gasteiger partial charge in [-0.25, -0.2) is 4.98 Å². The van der Waals surface area contributed by atoms with Gasteiger partial charge in [0.1, 0.15) is 5.82 Å². The molecule has 0 unspecified atom stereocenters. The van der Waals surface area contributed by atoms with Crippen LogP contribution in [0, 0.1) is 0 Å². The molecule has 1 aliphatic heterocycles. The Morgan fingerprint density at radius 3 is 2.80 bits per heavy atom. The minimum absolute atomic E-state index is 0.0764. The Hall–Kier alpha value is -1.43. The van der Waals surface area contributed by atoms with E-state index in [9.17, 15) is 4.79 Å². The highest BCUT2D eigenvalue weighted by atomic mass is 16.2. The third kappa shape index (κ3) is 2.15. The Kier molecular flexibility index (Phi) is 2.96. The zero-order valence-corrected chi connectivity index (χ0v) is 8.79. The van der Waals surface area contributed by atoms with Gasteiger partial charge in [-0.15, -0.1) is 5.10 Å². The van der Waals surface area contributed by atoms with Gasteiger partial charge in [-0.1, -0.05) is 6.92 Å². The van der Waals surface area contributed by atoms with Crippen LogP contribution < -0.4 is 5.32 Å². The summed E-state index contributed by atoms with van der Waals surface area (Å²) >= 11 is 0. The van der Waals surface area contributed by atoms with Gasteiger partial charge in [0, 0.05) is 32.6 Å². The summed E-state index contributed by atoms with van der Waals surface area (Å²) in [5, 5.41) is 9.86. The van der Waals surface area contributed by atoms with Crippen molar-refractivity contribution >= 4 is 5.91 Å². The van der Waals surface area contributed by atoms with E-state index in [1.165, 1.54) is 0 Å². The average Bonchev–Trinajstić information content (AvgIpc) is 2.78.